The number of Topliss-reactive ketones (excluding diaryl/α,β-unsaturated/α-hetero) is 1. The van der Waals surface area contributed by atoms with Crippen molar-refractivity contribution in [3.8, 4) is 0 Å². The molecule has 0 saturated heterocycles. The van der Waals surface area contributed by atoms with E-state index in [1.54, 1.807) is 0 Å². The molecule has 0 amide bonds. The van der Waals surface area contributed by atoms with Crippen LogP contribution in [0.2, 0.25) is 0 Å². The average molecular weight is 180 g/mol. The van der Waals surface area contributed by atoms with E-state index in [4.69, 9.17) is 0 Å². The minimum Gasteiger partial charge on any atom is -0.469 e. The van der Waals surface area contributed by atoms with E-state index in [0.29, 0.717) is 0 Å². The molecule has 3 nitrogen and oxygen atoms in total. The first-order valence-electron chi connectivity index (χ1n) is 2.23. The summed E-state index contributed by atoms with van der Waals surface area (Å²) in [5.74, 6) is -0.644. The molecule has 0 aromatic carbocycles. The molecule has 0 aliphatic carbocycles. The topological polar surface area (TPSA) is 43.4 Å². The molecule has 4 heteroatoms. The summed E-state index contributed by atoms with van der Waals surface area (Å²) in [6.07, 6.45) is -0.115. The Morgan fingerprint density at radius 2 is 1.89 bits per heavy atom. The summed E-state index contributed by atoms with van der Waals surface area (Å²) >= 11 is 0. The Hall–Kier alpha value is -0.341. The normalized spacial score (nSPS) is 7.33. The number of hydrogen-bond donors (Lipinski definition) is 0. The van der Waals surface area contributed by atoms with Gasteiger partial charge in [0, 0.05) is 0 Å². The molecule has 0 heterocycles. The van der Waals surface area contributed by atoms with Crippen LogP contribution in [-0.2, 0) is 31.4 Å². The van der Waals surface area contributed by atoms with Crippen LogP contribution in [0, 0.1) is 0 Å². The van der Waals surface area contributed by atoms with E-state index in [0.717, 1.165) is 0 Å². The maximum atomic E-state index is 10.2. The Balaban J connectivity index is 0. The van der Waals surface area contributed by atoms with Crippen LogP contribution < -0.4 is 0 Å². The molecule has 0 aromatic heterocycles. The van der Waals surface area contributed by atoms with Crippen LogP contribution in [0.15, 0.2) is 0 Å². The molecule has 0 saturated carbocycles. The largest absolute Gasteiger partial charge is 2.00 e. The monoisotopic (exact) mass is 179 g/mol. The van der Waals surface area contributed by atoms with Gasteiger partial charge in [0.1, 0.15) is 12.2 Å². The minimum absolute atomic E-state index is 0. The van der Waals surface area contributed by atoms with Crippen LogP contribution in [0.25, 0.3) is 0 Å². The fourth-order valence-corrected chi connectivity index (χ4v) is 0.275. The number of methoxy groups -OCH3 is 1. The molecule has 0 aliphatic heterocycles. The number of rotatable bonds is 2. The summed E-state index contributed by atoms with van der Waals surface area (Å²) in [4.78, 5) is 20.3. The summed E-state index contributed by atoms with van der Waals surface area (Å²) in [6.45, 7) is 1.34. The second kappa shape index (κ2) is 5.79. The van der Waals surface area contributed by atoms with Gasteiger partial charge in [-0.3, -0.25) is 9.59 Å². The summed E-state index contributed by atoms with van der Waals surface area (Å²) in [5.41, 5.74) is 0. The fourth-order valence-electron chi connectivity index (χ4n) is 0.275. The van der Waals surface area contributed by atoms with Gasteiger partial charge in [0.15, 0.2) is 0 Å². The standard InChI is InChI=1S/C5H8O3.Cu/c1-4(6)3-5(7)8-2;/h3H2,1-2H3;/q;+2. The van der Waals surface area contributed by atoms with E-state index < -0.39 is 5.97 Å². The van der Waals surface area contributed by atoms with E-state index >= 15 is 0 Å². The molecule has 55 valence electrons. The third-order valence-corrected chi connectivity index (χ3v) is 0.621. The minimum atomic E-state index is -0.475. The van der Waals surface area contributed by atoms with Gasteiger partial charge >= 0.3 is 23.0 Å². The SMILES string of the molecule is COC(=O)CC(C)=O.[Cu+2]. The van der Waals surface area contributed by atoms with Crippen LogP contribution in [-0.4, -0.2) is 18.9 Å². The van der Waals surface area contributed by atoms with Crippen LogP contribution >= 0.6 is 0 Å². The van der Waals surface area contributed by atoms with Gasteiger partial charge in [-0.15, -0.1) is 0 Å². The van der Waals surface area contributed by atoms with Crippen molar-refractivity contribution >= 4 is 11.8 Å². The summed E-state index contributed by atoms with van der Waals surface area (Å²) in [7, 11) is 1.26. The van der Waals surface area contributed by atoms with Crippen molar-refractivity contribution in [2.75, 3.05) is 7.11 Å². The quantitative estimate of drug-likeness (QED) is 0.344. The van der Waals surface area contributed by atoms with Crippen LogP contribution in [0.4, 0.5) is 0 Å². The predicted molar refractivity (Wildman–Crippen MR) is 27.3 cm³/mol. The van der Waals surface area contributed by atoms with E-state index in [-0.39, 0.29) is 29.3 Å². The van der Waals surface area contributed by atoms with E-state index in [2.05, 4.69) is 4.74 Å². The Morgan fingerprint density at radius 3 is 2.00 bits per heavy atom. The van der Waals surface area contributed by atoms with Crippen molar-refractivity contribution in [2.24, 2.45) is 0 Å². The molecule has 0 N–H and O–H groups in total. The van der Waals surface area contributed by atoms with E-state index in [1.165, 1.54) is 14.0 Å². The molecule has 0 bridgehead atoms. The van der Waals surface area contributed by atoms with E-state index in [9.17, 15) is 9.59 Å². The van der Waals surface area contributed by atoms with Gasteiger partial charge in [-0.2, -0.15) is 0 Å². The molecule has 0 unspecified atom stereocenters. The predicted octanol–water partition coefficient (Wildman–Crippen LogP) is 0.136. The molecule has 0 aromatic rings. The molecule has 1 radical (unpaired) electrons. The zero-order valence-corrected chi connectivity index (χ0v) is 6.18. The molecule has 0 fully saturated rings. The first kappa shape index (κ1) is 11.5. The first-order valence-corrected chi connectivity index (χ1v) is 2.23. The maximum absolute atomic E-state index is 10.2. The molecule has 9 heavy (non-hydrogen) atoms. The summed E-state index contributed by atoms with van der Waals surface area (Å²) < 4.78 is 4.20. The van der Waals surface area contributed by atoms with Crippen LogP contribution in [0.3, 0.4) is 0 Å². The van der Waals surface area contributed by atoms with Gasteiger partial charge in [-0.1, -0.05) is 0 Å². The zero-order valence-electron chi connectivity index (χ0n) is 5.23. The van der Waals surface area contributed by atoms with Gasteiger partial charge in [0.05, 0.1) is 7.11 Å². The van der Waals surface area contributed by atoms with Crippen molar-refractivity contribution < 1.29 is 31.4 Å². The fraction of sp³-hybridized carbons (Fsp3) is 0.600. The molecule has 0 atom stereocenters. The van der Waals surface area contributed by atoms with Gasteiger partial charge in [0.25, 0.3) is 0 Å². The number of hydrogen-bond acceptors (Lipinski definition) is 3. The van der Waals surface area contributed by atoms with Crippen molar-refractivity contribution in [3.05, 3.63) is 0 Å². The Labute approximate surface area is 64.2 Å². The van der Waals surface area contributed by atoms with Crippen LogP contribution in [0.1, 0.15) is 13.3 Å². The average Bonchev–Trinajstić information content (AvgIpc) is 1.65. The third-order valence-electron chi connectivity index (χ3n) is 0.621. The van der Waals surface area contributed by atoms with Crippen molar-refractivity contribution in [3.63, 3.8) is 0 Å². The molecule has 0 spiro atoms. The number of ether oxygens (including phenoxy) is 1. The van der Waals surface area contributed by atoms with Gasteiger partial charge in [-0.05, 0) is 6.92 Å². The molecule has 0 rings (SSSR count). The smallest absolute Gasteiger partial charge is 0.469 e. The molecular weight excluding hydrogens is 172 g/mol. The van der Waals surface area contributed by atoms with Gasteiger partial charge < -0.3 is 4.74 Å². The summed E-state index contributed by atoms with van der Waals surface area (Å²) in [5, 5.41) is 0. The van der Waals surface area contributed by atoms with Gasteiger partial charge in [0.2, 0.25) is 0 Å². The van der Waals surface area contributed by atoms with Crippen molar-refractivity contribution in [1.29, 1.82) is 0 Å². The second-order valence-electron chi connectivity index (χ2n) is 1.45. The number of carbonyl (C=O) groups excluding carboxylic acids is 2. The first-order chi connectivity index (χ1) is 3.66. The summed E-state index contributed by atoms with van der Waals surface area (Å²) in [6, 6.07) is 0. The third kappa shape index (κ3) is 7.66. The van der Waals surface area contributed by atoms with E-state index in [1.807, 2.05) is 0 Å². The van der Waals surface area contributed by atoms with Gasteiger partial charge in [-0.25, -0.2) is 0 Å². The van der Waals surface area contributed by atoms with Crippen molar-refractivity contribution in [2.45, 2.75) is 13.3 Å². The molecule has 0 aliphatic rings. The second-order valence-corrected chi connectivity index (χ2v) is 1.45. The Kier molecular flexibility index (Phi) is 7.37. The zero-order chi connectivity index (χ0) is 6.57. The molecular formula is C5H8CuO3+2. The van der Waals surface area contributed by atoms with Crippen LogP contribution in [0.5, 0.6) is 0 Å². The number of ketones is 1. The Morgan fingerprint density at radius 1 is 1.44 bits per heavy atom. The Bertz CT molecular complexity index is 111. The van der Waals surface area contributed by atoms with Crippen molar-refractivity contribution in [1.82, 2.24) is 0 Å². The maximum Gasteiger partial charge on any atom is 2.00 e. The number of carbonyl (C=O) groups is 2. The number of esters is 1.